The van der Waals surface area contributed by atoms with Gasteiger partial charge in [-0.1, -0.05) is 12.1 Å². The third-order valence-corrected chi connectivity index (χ3v) is 2.92. The van der Waals surface area contributed by atoms with Crippen LogP contribution in [0.25, 0.3) is 0 Å². The van der Waals surface area contributed by atoms with Crippen LogP contribution < -0.4 is 0 Å². The molecule has 0 atom stereocenters. The Morgan fingerprint density at radius 2 is 1.67 bits per heavy atom. The first-order chi connectivity index (χ1) is 7.15. The van der Waals surface area contributed by atoms with Crippen molar-refractivity contribution in [1.29, 1.82) is 5.53 Å². The molecule has 0 unspecified atom stereocenters. The molecule has 0 aliphatic rings. The lowest BCUT2D eigenvalue weighted by Gasteiger charge is -2.09. The molecule has 0 radical (unpaired) electrons. The van der Waals surface area contributed by atoms with Crippen molar-refractivity contribution < 1.29 is 0 Å². The smallest absolute Gasteiger partial charge is 0.0596 e. The summed E-state index contributed by atoms with van der Waals surface area (Å²) in [6.45, 7) is 7.17. The summed E-state index contributed by atoms with van der Waals surface area (Å²) in [6.07, 6.45) is 3.27. The summed E-state index contributed by atoms with van der Waals surface area (Å²) in [5.41, 5.74) is 12.3. The molecule has 0 spiro atoms. The molecule has 0 aliphatic carbocycles. The molecule has 2 heteroatoms. The number of aryl methyl sites for hydroxylation is 4. The van der Waals surface area contributed by atoms with Gasteiger partial charge in [-0.05, 0) is 62.3 Å². The van der Waals surface area contributed by atoms with Crippen LogP contribution in [-0.2, 0) is 6.42 Å². The van der Waals surface area contributed by atoms with Gasteiger partial charge in [0, 0.05) is 0 Å². The number of nitrogens with one attached hydrogen (secondary N) is 1. The van der Waals surface area contributed by atoms with Crippen LogP contribution in [0.4, 0.5) is 0 Å². The monoisotopic (exact) mass is 204 g/mol. The molecule has 0 aliphatic heterocycles. The molecule has 0 saturated heterocycles. The van der Waals surface area contributed by atoms with Crippen LogP contribution >= 0.6 is 0 Å². The van der Waals surface area contributed by atoms with E-state index in [0.29, 0.717) is 6.54 Å². The van der Waals surface area contributed by atoms with Crippen LogP contribution in [-0.4, -0.2) is 6.54 Å². The lowest BCUT2D eigenvalue weighted by Crippen LogP contribution is -1.94. The minimum atomic E-state index is 0.671. The maximum absolute atomic E-state index is 6.72. The molecule has 2 nitrogen and oxygen atoms in total. The topological polar surface area (TPSA) is 36.2 Å². The van der Waals surface area contributed by atoms with Crippen molar-refractivity contribution in [2.24, 2.45) is 5.11 Å². The fourth-order valence-corrected chi connectivity index (χ4v) is 1.80. The fraction of sp³-hybridized carbons (Fsp3) is 0.538. The van der Waals surface area contributed by atoms with E-state index in [4.69, 9.17) is 5.53 Å². The highest BCUT2D eigenvalue weighted by atomic mass is 14.9. The standard InChI is InChI=1S/C13H20N2/c1-10-8-12(3)13(9-11(10)2)6-4-5-7-15-14/h8-9,14H,4-7H2,1-3H3. The fourth-order valence-electron chi connectivity index (χ4n) is 1.80. The molecule has 82 valence electrons. The molecular weight excluding hydrogens is 184 g/mol. The van der Waals surface area contributed by atoms with Gasteiger partial charge < -0.3 is 0 Å². The predicted molar refractivity (Wildman–Crippen MR) is 63.6 cm³/mol. The molecule has 0 saturated carbocycles. The Bertz CT molecular complexity index is 343. The maximum atomic E-state index is 6.72. The molecule has 0 amide bonds. The van der Waals surface area contributed by atoms with Crippen LogP contribution in [0, 0.1) is 26.3 Å². The third-order valence-electron chi connectivity index (χ3n) is 2.92. The summed E-state index contributed by atoms with van der Waals surface area (Å²) in [5, 5.41) is 3.37. The van der Waals surface area contributed by atoms with Crippen molar-refractivity contribution in [3.05, 3.63) is 34.4 Å². The van der Waals surface area contributed by atoms with E-state index in [2.05, 4.69) is 38.0 Å². The zero-order chi connectivity index (χ0) is 11.3. The number of rotatable bonds is 5. The van der Waals surface area contributed by atoms with Gasteiger partial charge in [-0.25, -0.2) is 5.53 Å². The first-order valence-electron chi connectivity index (χ1n) is 5.55. The van der Waals surface area contributed by atoms with Gasteiger partial charge in [0.2, 0.25) is 0 Å². The van der Waals surface area contributed by atoms with E-state index in [1.165, 1.54) is 22.3 Å². The van der Waals surface area contributed by atoms with E-state index in [1.807, 2.05) is 0 Å². The lowest BCUT2D eigenvalue weighted by atomic mass is 9.97. The van der Waals surface area contributed by atoms with Crippen LogP contribution in [0.15, 0.2) is 17.2 Å². The first-order valence-corrected chi connectivity index (χ1v) is 5.55. The van der Waals surface area contributed by atoms with Crippen LogP contribution in [0.1, 0.15) is 35.1 Å². The second kappa shape index (κ2) is 5.64. The Hall–Kier alpha value is -1.18. The normalized spacial score (nSPS) is 10.3. The molecule has 1 aromatic rings. The van der Waals surface area contributed by atoms with Gasteiger partial charge in [-0.2, -0.15) is 5.11 Å². The summed E-state index contributed by atoms with van der Waals surface area (Å²) >= 11 is 0. The van der Waals surface area contributed by atoms with E-state index >= 15 is 0 Å². The Kier molecular flexibility index (Phi) is 4.47. The summed E-state index contributed by atoms with van der Waals surface area (Å²) in [7, 11) is 0. The third kappa shape index (κ3) is 3.46. The molecule has 0 bridgehead atoms. The second-order valence-electron chi connectivity index (χ2n) is 4.20. The number of hydrogen-bond acceptors (Lipinski definition) is 2. The molecule has 0 fully saturated rings. The minimum absolute atomic E-state index is 0.671. The highest BCUT2D eigenvalue weighted by Gasteiger charge is 2.01. The number of hydrogen-bond donors (Lipinski definition) is 1. The average molecular weight is 204 g/mol. The zero-order valence-electron chi connectivity index (χ0n) is 9.93. The van der Waals surface area contributed by atoms with Gasteiger partial charge >= 0.3 is 0 Å². The first kappa shape index (κ1) is 11.9. The van der Waals surface area contributed by atoms with Crippen molar-refractivity contribution >= 4 is 0 Å². The number of unbranched alkanes of at least 4 members (excludes halogenated alkanes) is 1. The van der Waals surface area contributed by atoms with E-state index in [0.717, 1.165) is 19.3 Å². The summed E-state index contributed by atoms with van der Waals surface area (Å²) in [5.74, 6) is 0. The zero-order valence-corrected chi connectivity index (χ0v) is 9.93. The summed E-state index contributed by atoms with van der Waals surface area (Å²) < 4.78 is 0. The van der Waals surface area contributed by atoms with E-state index in [1.54, 1.807) is 0 Å². The van der Waals surface area contributed by atoms with E-state index in [9.17, 15) is 0 Å². The molecule has 15 heavy (non-hydrogen) atoms. The maximum Gasteiger partial charge on any atom is 0.0596 e. The predicted octanol–water partition coefficient (Wildman–Crippen LogP) is 3.97. The SMILES string of the molecule is Cc1cc(C)c(CCCCN=N)cc1C. The molecular formula is C13H20N2. The van der Waals surface area contributed by atoms with Crippen molar-refractivity contribution in [3.8, 4) is 0 Å². The highest BCUT2D eigenvalue weighted by Crippen LogP contribution is 2.17. The van der Waals surface area contributed by atoms with Crippen molar-refractivity contribution in [2.75, 3.05) is 6.54 Å². The van der Waals surface area contributed by atoms with Gasteiger partial charge in [-0.3, -0.25) is 0 Å². The summed E-state index contributed by atoms with van der Waals surface area (Å²) in [6, 6.07) is 4.56. The van der Waals surface area contributed by atoms with Gasteiger partial charge in [0.1, 0.15) is 0 Å². The Labute approximate surface area is 92.2 Å². The van der Waals surface area contributed by atoms with Crippen LogP contribution in [0.3, 0.4) is 0 Å². The second-order valence-corrected chi connectivity index (χ2v) is 4.20. The van der Waals surface area contributed by atoms with Gasteiger partial charge in [0.05, 0.1) is 6.54 Å². The largest absolute Gasteiger partial charge is 0.210 e. The molecule has 0 heterocycles. The molecule has 1 aromatic carbocycles. The van der Waals surface area contributed by atoms with Crippen LogP contribution in [0.5, 0.6) is 0 Å². The molecule has 0 aromatic heterocycles. The van der Waals surface area contributed by atoms with Gasteiger partial charge in [-0.15, -0.1) is 0 Å². The Morgan fingerprint density at radius 3 is 2.33 bits per heavy atom. The van der Waals surface area contributed by atoms with Crippen molar-refractivity contribution in [3.63, 3.8) is 0 Å². The van der Waals surface area contributed by atoms with Crippen molar-refractivity contribution in [2.45, 2.75) is 40.0 Å². The van der Waals surface area contributed by atoms with Gasteiger partial charge in [0.25, 0.3) is 0 Å². The van der Waals surface area contributed by atoms with E-state index in [-0.39, 0.29) is 0 Å². The summed E-state index contributed by atoms with van der Waals surface area (Å²) in [4.78, 5) is 0. The lowest BCUT2D eigenvalue weighted by molar-refractivity contribution is 0.715. The number of nitrogens with zero attached hydrogens (tertiary/aromatic N) is 1. The Morgan fingerprint density at radius 1 is 1.00 bits per heavy atom. The van der Waals surface area contributed by atoms with Crippen LogP contribution in [0.2, 0.25) is 0 Å². The Balaban J connectivity index is 2.61. The minimum Gasteiger partial charge on any atom is -0.210 e. The number of benzene rings is 1. The molecule has 1 rings (SSSR count). The quantitative estimate of drug-likeness (QED) is 0.556. The molecule has 1 N–H and O–H groups in total. The van der Waals surface area contributed by atoms with Gasteiger partial charge in [0.15, 0.2) is 0 Å². The average Bonchev–Trinajstić information content (AvgIpc) is 2.20. The van der Waals surface area contributed by atoms with E-state index < -0.39 is 0 Å². The van der Waals surface area contributed by atoms with Crippen molar-refractivity contribution in [1.82, 2.24) is 0 Å². The highest BCUT2D eigenvalue weighted by molar-refractivity contribution is 5.36.